The van der Waals surface area contributed by atoms with E-state index in [0.717, 1.165) is 18.5 Å². The van der Waals surface area contributed by atoms with Gasteiger partial charge in [0.2, 0.25) is 0 Å². The van der Waals surface area contributed by atoms with E-state index in [1.807, 2.05) is 4.90 Å². The quantitative estimate of drug-likeness (QED) is 0.817. The predicted octanol–water partition coefficient (Wildman–Crippen LogP) is 2.23. The van der Waals surface area contributed by atoms with E-state index in [2.05, 4.69) is 32.4 Å². The summed E-state index contributed by atoms with van der Waals surface area (Å²) in [6, 6.07) is 1.68. The molecule has 120 valence electrons. The average Bonchev–Trinajstić information content (AvgIpc) is 2.60. The first-order valence-corrected chi connectivity index (χ1v) is 7.99. The summed E-state index contributed by atoms with van der Waals surface area (Å²) >= 11 is 0. The summed E-state index contributed by atoms with van der Waals surface area (Å²) in [6.07, 6.45) is 9.74. The topological polar surface area (TPSA) is 82.8 Å². The number of amides is 1. The van der Waals surface area contributed by atoms with E-state index in [-0.39, 0.29) is 5.91 Å². The average molecular weight is 312 g/mol. The lowest BCUT2D eigenvalue weighted by Gasteiger charge is -2.27. The first-order chi connectivity index (χ1) is 11.3. The zero-order valence-corrected chi connectivity index (χ0v) is 13.2. The van der Waals surface area contributed by atoms with E-state index in [9.17, 15) is 4.79 Å². The number of nitrogens with zero attached hydrogens (tertiary/aromatic N) is 5. The van der Waals surface area contributed by atoms with Gasteiger partial charge in [-0.25, -0.2) is 0 Å². The monoisotopic (exact) mass is 312 g/mol. The fourth-order valence-electron chi connectivity index (χ4n) is 2.50. The Bertz CT molecular complexity index is 679. The van der Waals surface area contributed by atoms with E-state index >= 15 is 0 Å². The maximum absolute atomic E-state index is 12.1. The predicted molar refractivity (Wildman–Crippen MR) is 90.6 cm³/mol. The van der Waals surface area contributed by atoms with Crippen molar-refractivity contribution in [1.29, 1.82) is 0 Å². The van der Waals surface area contributed by atoms with Crippen LogP contribution >= 0.6 is 0 Å². The molecular weight excluding hydrogens is 292 g/mol. The highest BCUT2D eigenvalue weighted by molar-refractivity contribution is 5.97. The van der Waals surface area contributed by atoms with Gasteiger partial charge in [0, 0.05) is 18.8 Å². The first-order valence-electron chi connectivity index (χ1n) is 7.99. The van der Waals surface area contributed by atoms with Crippen LogP contribution in [0.3, 0.4) is 0 Å². The normalized spacial score (nSPS) is 15.0. The van der Waals surface area contributed by atoms with Gasteiger partial charge in [0.1, 0.15) is 5.69 Å². The molecule has 0 fully saturated rings. The smallest absolute Gasteiger partial charge is 0.271 e. The van der Waals surface area contributed by atoms with Crippen LogP contribution < -0.4 is 10.2 Å². The molecular formula is C16H20N6O. The van der Waals surface area contributed by atoms with Crippen LogP contribution in [0.2, 0.25) is 0 Å². The van der Waals surface area contributed by atoms with Crippen LogP contribution in [0.15, 0.2) is 27.9 Å². The molecule has 0 saturated heterocycles. The third-order valence-electron chi connectivity index (χ3n) is 3.78. The van der Waals surface area contributed by atoms with Gasteiger partial charge in [-0.15, -0.1) is 10.2 Å². The lowest BCUT2D eigenvalue weighted by molar-refractivity contribution is 0.0947. The van der Waals surface area contributed by atoms with Crippen molar-refractivity contribution in [1.82, 2.24) is 15.5 Å². The molecule has 0 bridgehead atoms. The van der Waals surface area contributed by atoms with Crippen LogP contribution in [-0.4, -0.2) is 41.6 Å². The number of allylic oxidation sites excluding steroid dienone is 1. The first kappa shape index (κ1) is 15.3. The molecule has 7 nitrogen and oxygen atoms in total. The van der Waals surface area contributed by atoms with Gasteiger partial charge in [-0.3, -0.25) is 14.8 Å². The number of unbranched alkanes of at least 4 members (excludes halogenated alkanes) is 3. The number of rotatable bonds is 6. The zero-order valence-electron chi connectivity index (χ0n) is 13.2. The van der Waals surface area contributed by atoms with Gasteiger partial charge in [-0.05, 0) is 6.42 Å². The lowest BCUT2D eigenvalue weighted by atomic mass is 10.2. The van der Waals surface area contributed by atoms with Crippen LogP contribution in [-0.2, 0) is 0 Å². The van der Waals surface area contributed by atoms with Gasteiger partial charge in [-0.2, -0.15) is 0 Å². The van der Waals surface area contributed by atoms with Crippen LogP contribution in [0, 0.1) is 0 Å². The molecule has 3 heterocycles. The summed E-state index contributed by atoms with van der Waals surface area (Å²) in [7, 11) is 0. The molecule has 0 unspecified atom stereocenters. The third-order valence-corrected chi connectivity index (χ3v) is 3.78. The van der Waals surface area contributed by atoms with Crippen LogP contribution in [0.5, 0.6) is 0 Å². The summed E-state index contributed by atoms with van der Waals surface area (Å²) in [4.78, 5) is 22.6. The second kappa shape index (κ2) is 7.13. The minimum atomic E-state index is -0.200. The van der Waals surface area contributed by atoms with Crippen molar-refractivity contribution in [3.63, 3.8) is 0 Å². The Hall–Kier alpha value is -2.57. The molecule has 0 atom stereocenters. The molecule has 1 amide bonds. The van der Waals surface area contributed by atoms with E-state index in [1.165, 1.54) is 12.8 Å². The Morgan fingerprint density at radius 1 is 1.30 bits per heavy atom. The summed E-state index contributed by atoms with van der Waals surface area (Å²) in [5.74, 6) is 0.456. The molecule has 1 aromatic rings. The Labute approximate surface area is 135 Å². The van der Waals surface area contributed by atoms with E-state index < -0.39 is 0 Å². The number of fused-ring (bicyclic) bond motifs is 3. The molecule has 7 heteroatoms. The Balaban J connectivity index is 1.66. The van der Waals surface area contributed by atoms with E-state index in [4.69, 9.17) is 0 Å². The second-order valence-electron chi connectivity index (χ2n) is 5.51. The highest BCUT2D eigenvalue weighted by Gasteiger charge is 2.23. The number of hydrogen-bond acceptors (Lipinski definition) is 6. The number of aromatic nitrogens is 2. The van der Waals surface area contributed by atoms with E-state index in [0.29, 0.717) is 30.3 Å². The Morgan fingerprint density at radius 3 is 3.09 bits per heavy atom. The fourth-order valence-corrected chi connectivity index (χ4v) is 2.50. The molecule has 0 radical (unpaired) electrons. The number of carbonyl (C=O) groups excluding carboxylic acids is 1. The standard InChI is InChI=1S/C16H20N6O/c1-2-3-4-5-6-18-16(23)14-9-13-15(21-20-14)22-8-7-17-10-12(22)11-19-13/h7,9-11H,2-6,8H2,1H3,(H,18,23). The minimum Gasteiger partial charge on any atom is -0.351 e. The van der Waals surface area contributed by atoms with E-state index in [1.54, 1.807) is 24.7 Å². The van der Waals surface area contributed by atoms with Gasteiger partial charge in [0.25, 0.3) is 5.91 Å². The summed E-state index contributed by atoms with van der Waals surface area (Å²) in [5, 5.41) is 11.1. The number of aliphatic imine (C=N–C) groups is 2. The summed E-state index contributed by atoms with van der Waals surface area (Å²) in [6.45, 7) is 3.45. The number of hydrogen-bond donors (Lipinski definition) is 1. The molecule has 23 heavy (non-hydrogen) atoms. The Morgan fingerprint density at radius 2 is 2.22 bits per heavy atom. The van der Waals surface area contributed by atoms with Crippen LogP contribution in [0.4, 0.5) is 11.5 Å². The number of nitrogens with one attached hydrogen (secondary N) is 1. The highest BCUT2D eigenvalue weighted by Crippen LogP contribution is 2.32. The Kier molecular flexibility index (Phi) is 4.75. The van der Waals surface area contributed by atoms with Crippen LogP contribution in [0.25, 0.3) is 0 Å². The molecule has 0 spiro atoms. The van der Waals surface area contributed by atoms with Crippen LogP contribution in [0.1, 0.15) is 43.1 Å². The second-order valence-corrected chi connectivity index (χ2v) is 5.51. The van der Waals surface area contributed by atoms with Gasteiger partial charge in [0.15, 0.2) is 11.5 Å². The molecule has 2 aliphatic heterocycles. The number of anilines is 1. The summed E-state index contributed by atoms with van der Waals surface area (Å²) < 4.78 is 0. The largest absolute Gasteiger partial charge is 0.351 e. The van der Waals surface area contributed by atoms with Crippen molar-refractivity contribution in [2.45, 2.75) is 32.6 Å². The highest BCUT2D eigenvalue weighted by atomic mass is 16.1. The molecule has 3 rings (SSSR count). The fraction of sp³-hybridized carbons (Fsp3) is 0.438. The minimum absolute atomic E-state index is 0.200. The molecule has 0 aromatic carbocycles. The van der Waals surface area contributed by atoms with Crippen molar-refractivity contribution in [3.05, 3.63) is 23.7 Å². The van der Waals surface area contributed by atoms with Gasteiger partial charge < -0.3 is 10.2 Å². The van der Waals surface area contributed by atoms with Gasteiger partial charge in [0.05, 0.1) is 24.7 Å². The van der Waals surface area contributed by atoms with Crippen molar-refractivity contribution in [3.8, 4) is 0 Å². The van der Waals surface area contributed by atoms with Crippen molar-refractivity contribution in [2.24, 2.45) is 9.98 Å². The van der Waals surface area contributed by atoms with Crippen molar-refractivity contribution < 1.29 is 4.79 Å². The number of carbonyl (C=O) groups is 1. The zero-order chi connectivity index (χ0) is 16.1. The SMILES string of the molecule is CCCCCCNC(=O)c1cc2c(nn1)N1CC=NC=C1C=N2. The van der Waals surface area contributed by atoms with Crippen molar-refractivity contribution >= 4 is 29.8 Å². The molecule has 1 N–H and O–H groups in total. The lowest BCUT2D eigenvalue weighted by Crippen LogP contribution is -2.31. The molecule has 2 aliphatic rings. The molecule has 0 aliphatic carbocycles. The summed E-state index contributed by atoms with van der Waals surface area (Å²) in [5.41, 5.74) is 1.83. The third kappa shape index (κ3) is 3.44. The maximum atomic E-state index is 12.1. The van der Waals surface area contributed by atoms with Crippen molar-refractivity contribution in [2.75, 3.05) is 18.0 Å². The van der Waals surface area contributed by atoms with Gasteiger partial charge in [-0.1, -0.05) is 26.2 Å². The molecule has 1 aromatic heterocycles. The molecule has 0 saturated carbocycles. The maximum Gasteiger partial charge on any atom is 0.271 e. The van der Waals surface area contributed by atoms with Gasteiger partial charge >= 0.3 is 0 Å².